The number of halogens is 2. The summed E-state index contributed by atoms with van der Waals surface area (Å²) in [4.78, 5) is 32.2. The predicted molar refractivity (Wildman–Crippen MR) is 146 cm³/mol. The van der Waals surface area contributed by atoms with Crippen molar-refractivity contribution in [2.45, 2.75) is 6.54 Å². The number of hydrogen-bond donors (Lipinski definition) is 2. The second kappa shape index (κ2) is 10.9. The maximum Gasteiger partial charge on any atom is 0.276 e. The number of benzene rings is 2. The molecule has 0 spiro atoms. The Morgan fingerprint density at radius 2 is 1.81 bits per heavy atom. The fourth-order valence-electron chi connectivity index (χ4n) is 4.44. The van der Waals surface area contributed by atoms with E-state index in [4.69, 9.17) is 23.2 Å². The fourth-order valence-corrected chi connectivity index (χ4v) is 4.81. The summed E-state index contributed by atoms with van der Waals surface area (Å²) in [5.74, 6) is 0.144. The van der Waals surface area contributed by atoms with Gasteiger partial charge in [-0.05, 0) is 55.1 Å². The molecule has 11 heteroatoms. The van der Waals surface area contributed by atoms with Crippen LogP contribution in [0.4, 0.5) is 17.2 Å². The zero-order valence-corrected chi connectivity index (χ0v) is 21.9. The summed E-state index contributed by atoms with van der Waals surface area (Å²) in [7, 11) is 2.04. The summed E-state index contributed by atoms with van der Waals surface area (Å²) in [6, 6.07) is 14.0. The number of nitrogens with one attached hydrogen (secondary N) is 2. The molecule has 0 aliphatic carbocycles. The van der Waals surface area contributed by atoms with Gasteiger partial charge in [0.15, 0.2) is 11.5 Å². The van der Waals surface area contributed by atoms with Crippen molar-refractivity contribution in [1.82, 2.24) is 20.0 Å². The lowest BCUT2D eigenvalue weighted by Crippen LogP contribution is -2.47. The van der Waals surface area contributed by atoms with E-state index in [0.717, 1.165) is 24.3 Å². The quantitative estimate of drug-likeness (QED) is 0.508. The number of likely N-dealkylation sites (N-methyl/N-ethyl adjacent to an activating group) is 1. The van der Waals surface area contributed by atoms with E-state index in [1.165, 1.54) is 0 Å². The Kier molecular flexibility index (Phi) is 7.45. The first-order valence-electron chi connectivity index (χ1n) is 12.1. The molecule has 2 amide bonds. The first kappa shape index (κ1) is 25.3. The smallest absolute Gasteiger partial charge is 0.276 e. The van der Waals surface area contributed by atoms with Gasteiger partial charge in [0.05, 0.1) is 5.69 Å². The molecule has 0 bridgehead atoms. The van der Waals surface area contributed by atoms with Crippen LogP contribution in [0.3, 0.4) is 0 Å². The highest BCUT2D eigenvalue weighted by atomic mass is 35.5. The lowest BCUT2D eigenvalue weighted by Gasteiger charge is -2.32. The lowest BCUT2D eigenvalue weighted by atomic mass is 10.1. The molecule has 2 N–H and O–H groups in total. The maximum absolute atomic E-state index is 13.1. The molecule has 3 aromatic rings. The van der Waals surface area contributed by atoms with Gasteiger partial charge in [-0.3, -0.25) is 9.59 Å². The van der Waals surface area contributed by atoms with E-state index < -0.39 is 5.91 Å². The number of fused-ring (bicyclic) bond motifs is 1. The Morgan fingerprint density at radius 3 is 2.62 bits per heavy atom. The number of nitrogens with zero attached hydrogens (tertiary/aromatic N) is 5. The van der Waals surface area contributed by atoms with E-state index >= 15 is 0 Å². The first-order valence-corrected chi connectivity index (χ1v) is 12.8. The van der Waals surface area contributed by atoms with Crippen LogP contribution < -0.4 is 15.5 Å². The molecule has 2 aliphatic heterocycles. The van der Waals surface area contributed by atoms with Crippen molar-refractivity contribution in [1.29, 1.82) is 0 Å². The zero-order chi connectivity index (χ0) is 25.9. The van der Waals surface area contributed by atoms with Crippen LogP contribution in [0.15, 0.2) is 48.5 Å². The van der Waals surface area contributed by atoms with Gasteiger partial charge in [0.25, 0.3) is 11.8 Å². The number of rotatable bonds is 5. The van der Waals surface area contributed by atoms with Crippen LogP contribution in [-0.4, -0.2) is 78.1 Å². The standard InChI is InChI=1S/C26H27Cl2N7O2/c1-33-9-11-34(12-10-33)26(37)17-3-2-4-20(14-17)30-25(36)22-15-23-24(32-31-22)29-7-8-35(23)16-18-13-19(27)5-6-21(18)28/h2-6,13-15H,7-12,16H2,1H3,(H,29,32)(H,30,36). The minimum Gasteiger partial charge on any atom is -0.365 e. The van der Waals surface area contributed by atoms with Crippen LogP contribution >= 0.6 is 23.2 Å². The van der Waals surface area contributed by atoms with Gasteiger partial charge in [-0.25, -0.2) is 0 Å². The molecule has 0 atom stereocenters. The van der Waals surface area contributed by atoms with Crippen LogP contribution in [0.5, 0.6) is 0 Å². The molecule has 1 saturated heterocycles. The van der Waals surface area contributed by atoms with E-state index in [1.54, 1.807) is 42.5 Å². The average Bonchev–Trinajstić information content (AvgIpc) is 2.91. The molecule has 0 saturated carbocycles. The number of aromatic nitrogens is 2. The Labute approximate surface area is 225 Å². The van der Waals surface area contributed by atoms with Gasteiger partial charge >= 0.3 is 0 Å². The minimum atomic E-state index is -0.411. The van der Waals surface area contributed by atoms with Gasteiger partial charge in [0, 0.05) is 67.1 Å². The Hall–Kier alpha value is -3.40. The van der Waals surface area contributed by atoms with Crippen molar-refractivity contribution in [3.8, 4) is 0 Å². The second-order valence-electron chi connectivity index (χ2n) is 9.18. The normalized spacial score (nSPS) is 15.6. The van der Waals surface area contributed by atoms with Crippen molar-refractivity contribution in [2.75, 3.05) is 61.8 Å². The average molecular weight is 540 g/mol. The molecule has 1 fully saturated rings. The van der Waals surface area contributed by atoms with Crippen molar-refractivity contribution < 1.29 is 9.59 Å². The van der Waals surface area contributed by atoms with Gasteiger partial charge in [-0.2, -0.15) is 0 Å². The van der Waals surface area contributed by atoms with Crippen LogP contribution in [0.1, 0.15) is 26.4 Å². The second-order valence-corrected chi connectivity index (χ2v) is 10.0. The number of hydrogen-bond acceptors (Lipinski definition) is 7. The molecule has 3 heterocycles. The molecule has 2 aromatic carbocycles. The molecule has 1 aromatic heterocycles. The Balaban J connectivity index is 1.32. The third kappa shape index (κ3) is 5.79. The Morgan fingerprint density at radius 1 is 1.00 bits per heavy atom. The summed E-state index contributed by atoms with van der Waals surface area (Å²) in [6.45, 7) is 4.93. The molecule has 5 rings (SSSR count). The highest BCUT2D eigenvalue weighted by Gasteiger charge is 2.23. The molecule has 2 aliphatic rings. The first-order chi connectivity index (χ1) is 17.9. The van der Waals surface area contributed by atoms with Gasteiger partial charge in [-0.1, -0.05) is 29.3 Å². The summed E-state index contributed by atoms with van der Waals surface area (Å²) >= 11 is 12.6. The summed E-state index contributed by atoms with van der Waals surface area (Å²) < 4.78 is 0. The van der Waals surface area contributed by atoms with Crippen LogP contribution in [-0.2, 0) is 6.54 Å². The molecule has 192 valence electrons. The third-order valence-corrected chi connectivity index (χ3v) is 7.15. The van der Waals surface area contributed by atoms with Gasteiger partial charge < -0.3 is 25.3 Å². The number of amides is 2. The molecule has 37 heavy (non-hydrogen) atoms. The van der Waals surface area contributed by atoms with Crippen LogP contribution in [0.2, 0.25) is 10.0 Å². The number of carbonyl (C=O) groups is 2. The number of piperazine rings is 1. The monoisotopic (exact) mass is 539 g/mol. The largest absolute Gasteiger partial charge is 0.365 e. The van der Waals surface area contributed by atoms with Crippen molar-refractivity contribution >= 4 is 52.2 Å². The molecular formula is C26H27Cl2N7O2. The maximum atomic E-state index is 13.1. The topological polar surface area (TPSA) is 93.7 Å². The number of anilines is 3. The number of carbonyl (C=O) groups excluding carboxylic acids is 2. The highest BCUT2D eigenvalue weighted by molar-refractivity contribution is 6.33. The van der Waals surface area contributed by atoms with Crippen molar-refractivity contribution in [3.63, 3.8) is 0 Å². The van der Waals surface area contributed by atoms with Crippen LogP contribution in [0, 0.1) is 0 Å². The predicted octanol–water partition coefficient (Wildman–Crippen LogP) is 3.86. The lowest BCUT2D eigenvalue weighted by molar-refractivity contribution is 0.0664. The van der Waals surface area contributed by atoms with E-state index in [2.05, 4.69) is 30.6 Å². The third-order valence-electron chi connectivity index (χ3n) is 6.55. The summed E-state index contributed by atoms with van der Waals surface area (Å²) in [6.07, 6.45) is 0. The fraction of sp³-hybridized carbons (Fsp3) is 0.308. The zero-order valence-electron chi connectivity index (χ0n) is 20.4. The van der Waals surface area contributed by atoms with Crippen molar-refractivity contribution in [3.05, 3.63) is 75.4 Å². The van der Waals surface area contributed by atoms with E-state index in [-0.39, 0.29) is 11.6 Å². The van der Waals surface area contributed by atoms with Crippen LogP contribution in [0.25, 0.3) is 0 Å². The van der Waals surface area contributed by atoms with E-state index in [0.29, 0.717) is 59.8 Å². The van der Waals surface area contributed by atoms with E-state index in [9.17, 15) is 9.59 Å². The van der Waals surface area contributed by atoms with E-state index in [1.807, 2.05) is 18.0 Å². The van der Waals surface area contributed by atoms with Gasteiger partial charge in [0.2, 0.25) is 0 Å². The SMILES string of the molecule is CN1CCN(C(=O)c2cccc(NC(=O)c3cc4c(nn3)NCCN4Cc3cc(Cl)ccc3Cl)c2)CC1. The van der Waals surface area contributed by atoms with Gasteiger partial charge in [-0.15, -0.1) is 10.2 Å². The summed E-state index contributed by atoms with van der Waals surface area (Å²) in [5.41, 5.74) is 2.85. The highest BCUT2D eigenvalue weighted by Crippen LogP contribution is 2.31. The molecule has 9 nitrogen and oxygen atoms in total. The molecule has 0 radical (unpaired) electrons. The van der Waals surface area contributed by atoms with Gasteiger partial charge in [0.1, 0.15) is 0 Å². The Bertz CT molecular complexity index is 1330. The summed E-state index contributed by atoms with van der Waals surface area (Å²) in [5, 5.41) is 15.7. The molecular weight excluding hydrogens is 513 g/mol. The molecule has 0 unspecified atom stereocenters. The van der Waals surface area contributed by atoms with Crippen molar-refractivity contribution in [2.24, 2.45) is 0 Å². The minimum absolute atomic E-state index is 0.0424.